The number of aryl methyl sites for hydroxylation is 1. The number of nitrogens with zero attached hydrogens (tertiary/aromatic N) is 4. The molecule has 2 aromatic heterocycles. The SMILES string of the molecule is Cc1ccc(Nc2nc(N)nc(COC(=O)Cn3c4ccccc4c(=O)c4ccccc43)n2)cc1. The summed E-state index contributed by atoms with van der Waals surface area (Å²) in [4.78, 5) is 38.2. The molecule has 2 heterocycles. The van der Waals surface area contributed by atoms with Crippen molar-refractivity contribution in [3.63, 3.8) is 0 Å². The molecule has 0 amide bonds. The smallest absolute Gasteiger partial charge is 0.326 e. The number of nitrogens with one attached hydrogen (secondary N) is 1. The van der Waals surface area contributed by atoms with Crippen molar-refractivity contribution in [2.24, 2.45) is 0 Å². The van der Waals surface area contributed by atoms with Crippen LogP contribution in [0.15, 0.2) is 77.6 Å². The molecule has 0 radical (unpaired) electrons. The molecule has 0 saturated carbocycles. The molecule has 9 nitrogen and oxygen atoms in total. The van der Waals surface area contributed by atoms with Crippen LogP contribution in [0.1, 0.15) is 11.4 Å². The minimum absolute atomic E-state index is 0.0121. The Balaban J connectivity index is 1.36. The molecule has 0 aliphatic rings. The molecule has 35 heavy (non-hydrogen) atoms. The first kappa shape index (κ1) is 22.0. The fourth-order valence-electron chi connectivity index (χ4n) is 3.89. The van der Waals surface area contributed by atoms with E-state index in [0.29, 0.717) is 21.8 Å². The fourth-order valence-corrected chi connectivity index (χ4v) is 3.89. The summed E-state index contributed by atoms with van der Waals surface area (Å²) in [6.45, 7) is 1.73. The molecule has 0 saturated heterocycles. The number of esters is 1. The lowest BCUT2D eigenvalue weighted by atomic mass is 10.1. The van der Waals surface area contributed by atoms with E-state index < -0.39 is 5.97 Å². The average Bonchev–Trinajstić information content (AvgIpc) is 2.86. The minimum Gasteiger partial charge on any atom is -0.456 e. The Labute approximate surface area is 200 Å². The molecule has 9 heteroatoms. The molecule has 3 N–H and O–H groups in total. The monoisotopic (exact) mass is 466 g/mol. The highest BCUT2D eigenvalue weighted by Crippen LogP contribution is 2.19. The van der Waals surface area contributed by atoms with E-state index in [2.05, 4.69) is 20.3 Å². The lowest BCUT2D eigenvalue weighted by Gasteiger charge is -2.14. The largest absolute Gasteiger partial charge is 0.456 e. The van der Waals surface area contributed by atoms with Gasteiger partial charge in [-0.3, -0.25) is 9.59 Å². The van der Waals surface area contributed by atoms with Gasteiger partial charge in [0.2, 0.25) is 11.9 Å². The van der Waals surface area contributed by atoms with Crippen molar-refractivity contribution < 1.29 is 9.53 Å². The van der Waals surface area contributed by atoms with E-state index in [0.717, 1.165) is 11.3 Å². The van der Waals surface area contributed by atoms with Crippen LogP contribution in [0.3, 0.4) is 0 Å². The second kappa shape index (κ2) is 9.22. The van der Waals surface area contributed by atoms with Gasteiger partial charge < -0.3 is 20.4 Å². The topological polar surface area (TPSA) is 125 Å². The zero-order chi connectivity index (χ0) is 24.4. The number of aromatic nitrogens is 4. The Morgan fingerprint density at radius 3 is 2.20 bits per heavy atom. The van der Waals surface area contributed by atoms with Gasteiger partial charge in [-0.25, -0.2) is 0 Å². The van der Waals surface area contributed by atoms with E-state index in [1.54, 1.807) is 28.8 Å². The van der Waals surface area contributed by atoms with E-state index in [1.165, 1.54) is 0 Å². The summed E-state index contributed by atoms with van der Waals surface area (Å²) < 4.78 is 7.24. The van der Waals surface area contributed by atoms with Gasteiger partial charge in [-0.05, 0) is 43.3 Å². The van der Waals surface area contributed by atoms with Crippen LogP contribution in [-0.2, 0) is 22.7 Å². The average molecular weight is 467 g/mol. The van der Waals surface area contributed by atoms with Crippen molar-refractivity contribution in [2.75, 3.05) is 11.1 Å². The summed E-state index contributed by atoms with van der Waals surface area (Å²) in [5, 5.41) is 4.14. The van der Waals surface area contributed by atoms with Crippen LogP contribution in [0.5, 0.6) is 0 Å². The molecule has 5 rings (SSSR count). The predicted molar refractivity (Wildman–Crippen MR) is 134 cm³/mol. The van der Waals surface area contributed by atoms with Crippen LogP contribution in [-0.4, -0.2) is 25.5 Å². The number of fused-ring (bicyclic) bond motifs is 2. The zero-order valence-electron chi connectivity index (χ0n) is 18.9. The molecule has 0 atom stereocenters. The summed E-state index contributed by atoms with van der Waals surface area (Å²) in [6.07, 6.45) is 0. The lowest BCUT2D eigenvalue weighted by molar-refractivity contribution is -0.145. The van der Waals surface area contributed by atoms with Crippen molar-refractivity contribution in [1.82, 2.24) is 19.5 Å². The van der Waals surface area contributed by atoms with E-state index in [-0.39, 0.29) is 36.3 Å². The van der Waals surface area contributed by atoms with Crippen molar-refractivity contribution in [3.8, 4) is 0 Å². The zero-order valence-corrected chi connectivity index (χ0v) is 18.9. The van der Waals surface area contributed by atoms with Gasteiger partial charge in [-0.2, -0.15) is 15.0 Å². The van der Waals surface area contributed by atoms with Crippen LogP contribution >= 0.6 is 0 Å². The minimum atomic E-state index is -0.504. The molecule has 5 aromatic rings. The number of hydrogen-bond acceptors (Lipinski definition) is 8. The molecule has 0 aliphatic carbocycles. The summed E-state index contributed by atoms with van der Waals surface area (Å²) in [6, 6.07) is 22.1. The molecule has 0 spiro atoms. The first-order valence-corrected chi connectivity index (χ1v) is 11.0. The maximum absolute atomic E-state index is 12.9. The molecular weight excluding hydrogens is 444 g/mol. The van der Waals surface area contributed by atoms with Crippen LogP contribution < -0.4 is 16.5 Å². The van der Waals surface area contributed by atoms with Gasteiger partial charge in [0.25, 0.3) is 0 Å². The van der Waals surface area contributed by atoms with Crippen molar-refractivity contribution >= 4 is 45.4 Å². The molecular formula is C26H22N6O3. The molecule has 174 valence electrons. The number of benzene rings is 3. The van der Waals surface area contributed by atoms with Crippen molar-refractivity contribution in [1.29, 1.82) is 0 Å². The van der Waals surface area contributed by atoms with Crippen molar-refractivity contribution in [3.05, 3.63) is 94.4 Å². The highest BCUT2D eigenvalue weighted by molar-refractivity contribution is 5.94. The third-order valence-corrected chi connectivity index (χ3v) is 5.54. The molecule has 0 fully saturated rings. The van der Waals surface area contributed by atoms with Gasteiger partial charge in [0, 0.05) is 16.5 Å². The summed E-state index contributed by atoms with van der Waals surface area (Å²) in [7, 11) is 0. The quantitative estimate of drug-likeness (QED) is 0.287. The third kappa shape index (κ3) is 4.65. The summed E-state index contributed by atoms with van der Waals surface area (Å²) in [5.41, 5.74) is 8.98. The van der Waals surface area contributed by atoms with Gasteiger partial charge in [-0.1, -0.05) is 42.0 Å². The van der Waals surface area contributed by atoms with Crippen LogP contribution in [0.2, 0.25) is 0 Å². The lowest BCUT2D eigenvalue weighted by Crippen LogP contribution is -2.18. The molecule has 0 bridgehead atoms. The van der Waals surface area contributed by atoms with E-state index in [1.807, 2.05) is 55.5 Å². The Bertz CT molecular complexity index is 1550. The number of para-hydroxylation sites is 2. The van der Waals surface area contributed by atoms with Crippen molar-refractivity contribution in [2.45, 2.75) is 20.1 Å². The van der Waals surface area contributed by atoms with Gasteiger partial charge >= 0.3 is 5.97 Å². The number of ether oxygens (including phenoxy) is 1. The number of nitrogens with two attached hydrogens (primary N) is 1. The third-order valence-electron chi connectivity index (χ3n) is 5.54. The predicted octanol–water partition coefficient (Wildman–Crippen LogP) is 3.72. The molecule has 3 aromatic carbocycles. The Kier molecular flexibility index (Phi) is 5.80. The van der Waals surface area contributed by atoms with Gasteiger partial charge in [0.1, 0.15) is 6.54 Å². The van der Waals surface area contributed by atoms with Gasteiger partial charge in [0.05, 0.1) is 11.0 Å². The number of hydrogen-bond donors (Lipinski definition) is 2. The maximum atomic E-state index is 12.9. The fraction of sp³-hybridized carbons (Fsp3) is 0.115. The summed E-state index contributed by atoms with van der Waals surface area (Å²) >= 11 is 0. The highest BCUT2D eigenvalue weighted by atomic mass is 16.5. The van der Waals surface area contributed by atoms with E-state index >= 15 is 0 Å². The maximum Gasteiger partial charge on any atom is 0.326 e. The summed E-state index contributed by atoms with van der Waals surface area (Å²) in [5.74, 6) is -0.0195. The number of anilines is 3. The van der Waals surface area contributed by atoms with Crippen LogP contribution in [0.25, 0.3) is 21.8 Å². The number of rotatable bonds is 6. The number of carbonyl (C=O) groups excluding carboxylic acids is 1. The second-order valence-corrected chi connectivity index (χ2v) is 8.03. The molecule has 0 unspecified atom stereocenters. The highest BCUT2D eigenvalue weighted by Gasteiger charge is 2.14. The molecule has 0 aliphatic heterocycles. The first-order valence-electron chi connectivity index (χ1n) is 11.0. The van der Waals surface area contributed by atoms with Crippen LogP contribution in [0, 0.1) is 6.92 Å². The number of carbonyl (C=O) groups is 1. The normalized spacial score (nSPS) is 11.0. The van der Waals surface area contributed by atoms with E-state index in [4.69, 9.17) is 10.5 Å². The standard InChI is InChI=1S/C26H22N6O3/c1-16-10-12-17(13-11-16)28-26-30-22(29-25(27)31-26)15-35-23(33)14-32-20-8-4-2-6-18(20)24(34)19-7-3-5-9-21(19)32/h2-13H,14-15H2,1H3,(H3,27,28,29,30,31). The van der Waals surface area contributed by atoms with E-state index in [9.17, 15) is 9.59 Å². The number of nitrogen functional groups attached to an aromatic ring is 1. The Morgan fingerprint density at radius 2 is 1.54 bits per heavy atom. The first-order chi connectivity index (χ1) is 17.0. The number of pyridine rings is 1. The van der Waals surface area contributed by atoms with Gasteiger partial charge in [-0.15, -0.1) is 0 Å². The Hall–Kier alpha value is -4.79. The second-order valence-electron chi connectivity index (χ2n) is 8.03. The van der Waals surface area contributed by atoms with Gasteiger partial charge in [0.15, 0.2) is 17.9 Å². The van der Waals surface area contributed by atoms with Crippen LogP contribution in [0.4, 0.5) is 17.6 Å². The Morgan fingerprint density at radius 1 is 0.914 bits per heavy atom.